The molecule has 0 saturated carbocycles. The van der Waals surface area contributed by atoms with Crippen LogP contribution in [0.25, 0.3) is 10.9 Å². The predicted molar refractivity (Wildman–Crippen MR) is 57.5 cm³/mol. The minimum Gasteiger partial charge on any atom is -0.495 e. The van der Waals surface area contributed by atoms with Gasteiger partial charge >= 0.3 is 0 Å². The van der Waals surface area contributed by atoms with Gasteiger partial charge in [0.2, 0.25) is 0 Å². The summed E-state index contributed by atoms with van der Waals surface area (Å²) in [6.45, 7) is 1.96. The second-order valence-electron chi connectivity index (χ2n) is 3.44. The van der Waals surface area contributed by atoms with Crippen molar-refractivity contribution in [1.82, 2.24) is 4.98 Å². The van der Waals surface area contributed by atoms with Gasteiger partial charge in [-0.05, 0) is 19.1 Å². The molecule has 1 heterocycles. The number of methoxy groups -OCH3 is 1. The van der Waals surface area contributed by atoms with Gasteiger partial charge in [0.15, 0.2) is 0 Å². The van der Waals surface area contributed by atoms with Gasteiger partial charge in [-0.1, -0.05) is 12.1 Å². The third-order valence-electron chi connectivity index (χ3n) is 2.35. The molecule has 0 saturated heterocycles. The smallest absolute Gasteiger partial charge is 0.142 e. The second kappa shape index (κ2) is 3.35. The molecule has 0 bridgehead atoms. The summed E-state index contributed by atoms with van der Waals surface area (Å²) in [5.41, 5.74) is 7.84. The molecular formula is C11H14N2O. The minimum atomic E-state index is 0.0205. The van der Waals surface area contributed by atoms with Crippen molar-refractivity contribution >= 4 is 10.9 Å². The topological polar surface area (TPSA) is 51.0 Å². The normalized spacial score (nSPS) is 13.1. The van der Waals surface area contributed by atoms with Crippen LogP contribution in [0, 0.1) is 0 Å². The van der Waals surface area contributed by atoms with E-state index in [9.17, 15) is 0 Å². The van der Waals surface area contributed by atoms with E-state index in [2.05, 4.69) is 11.1 Å². The summed E-state index contributed by atoms with van der Waals surface area (Å²) >= 11 is 0. The largest absolute Gasteiger partial charge is 0.495 e. The van der Waals surface area contributed by atoms with Gasteiger partial charge in [-0.3, -0.25) is 0 Å². The van der Waals surface area contributed by atoms with Gasteiger partial charge in [0, 0.05) is 17.1 Å². The lowest BCUT2D eigenvalue weighted by atomic mass is 10.2. The molecule has 1 aromatic heterocycles. The fourth-order valence-corrected chi connectivity index (χ4v) is 1.57. The number of fused-ring (bicyclic) bond motifs is 1. The van der Waals surface area contributed by atoms with Crippen LogP contribution in [0.5, 0.6) is 5.75 Å². The van der Waals surface area contributed by atoms with Gasteiger partial charge in [0.1, 0.15) is 5.75 Å². The molecule has 0 aliphatic heterocycles. The van der Waals surface area contributed by atoms with Crippen molar-refractivity contribution in [2.45, 2.75) is 13.0 Å². The van der Waals surface area contributed by atoms with E-state index in [0.717, 1.165) is 22.3 Å². The molecule has 3 N–H and O–H groups in total. The Hall–Kier alpha value is -1.48. The van der Waals surface area contributed by atoms with Crippen LogP contribution < -0.4 is 10.5 Å². The molecule has 1 aromatic carbocycles. The van der Waals surface area contributed by atoms with Gasteiger partial charge in [-0.25, -0.2) is 0 Å². The fourth-order valence-electron chi connectivity index (χ4n) is 1.57. The van der Waals surface area contributed by atoms with Crippen LogP contribution in [0.3, 0.4) is 0 Å². The Morgan fingerprint density at radius 1 is 1.43 bits per heavy atom. The molecule has 2 rings (SSSR count). The zero-order chi connectivity index (χ0) is 10.1. The van der Waals surface area contributed by atoms with Gasteiger partial charge in [0.25, 0.3) is 0 Å². The number of nitrogens with one attached hydrogen (secondary N) is 1. The molecule has 0 spiro atoms. The molecule has 0 aliphatic rings. The summed E-state index contributed by atoms with van der Waals surface area (Å²) in [6.07, 6.45) is 0. The van der Waals surface area contributed by atoms with E-state index in [4.69, 9.17) is 10.5 Å². The summed E-state index contributed by atoms with van der Waals surface area (Å²) in [4.78, 5) is 3.26. The molecule has 3 heteroatoms. The van der Waals surface area contributed by atoms with Gasteiger partial charge in [-0.15, -0.1) is 0 Å². The average Bonchev–Trinajstić information content (AvgIpc) is 2.60. The maximum absolute atomic E-state index is 5.80. The molecule has 14 heavy (non-hydrogen) atoms. The Kier molecular flexibility index (Phi) is 2.17. The van der Waals surface area contributed by atoms with E-state index in [1.807, 2.05) is 25.1 Å². The molecule has 74 valence electrons. The monoisotopic (exact) mass is 190 g/mol. The first-order valence-corrected chi connectivity index (χ1v) is 4.63. The number of para-hydroxylation sites is 1. The van der Waals surface area contributed by atoms with Crippen LogP contribution in [0.1, 0.15) is 18.7 Å². The van der Waals surface area contributed by atoms with E-state index in [1.165, 1.54) is 0 Å². The number of rotatable bonds is 2. The van der Waals surface area contributed by atoms with Crippen LogP contribution in [0.4, 0.5) is 0 Å². The molecule has 3 nitrogen and oxygen atoms in total. The molecule has 2 aromatic rings. The molecule has 1 unspecified atom stereocenters. The van der Waals surface area contributed by atoms with Crippen molar-refractivity contribution in [3.05, 3.63) is 30.0 Å². The van der Waals surface area contributed by atoms with E-state index >= 15 is 0 Å². The van der Waals surface area contributed by atoms with E-state index < -0.39 is 0 Å². The summed E-state index contributed by atoms with van der Waals surface area (Å²) < 4.78 is 5.25. The fraction of sp³-hybridized carbons (Fsp3) is 0.273. The molecule has 0 aliphatic carbocycles. The van der Waals surface area contributed by atoms with Crippen molar-refractivity contribution in [1.29, 1.82) is 0 Å². The van der Waals surface area contributed by atoms with Crippen LogP contribution in [-0.2, 0) is 0 Å². The number of benzene rings is 1. The number of nitrogens with two attached hydrogens (primary N) is 1. The maximum Gasteiger partial charge on any atom is 0.142 e. The maximum atomic E-state index is 5.80. The summed E-state index contributed by atoms with van der Waals surface area (Å²) in [6, 6.07) is 8.03. The van der Waals surface area contributed by atoms with Crippen molar-refractivity contribution in [2.75, 3.05) is 7.11 Å². The lowest BCUT2D eigenvalue weighted by molar-refractivity contribution is 0.419. The average molecular weight is 190 g/mol. The standard InChI is InChI=1S/C11H14N2O/c1-7(12)9-6-8-4-3-5-10(14-2)11(8)13-9/h3-7,13H,12H2,1-2H3. The van der Waals surface area contributed by atoms with Gasteiger partial charge < -0.3 is 15.5 Å². The van der Waals surface area contributed by atoms with Gasteiger partial charge in [-0.2, -0.15) is 0 Å². The molecule has 0 fully saturated rings. The van der Waals surface area contributed by atoms with E-state index in [1.54, 1.807) is 7.11 Å². The quantitative estimate of drug-likeness (QED) is 0.762. The zero-order valence-electron chi connectivity index (χ0n) is 8.37. The van der Waals surface area contributed by atoms with Crippen molar-refractivity contribution in [2.24, 2.45) is 5.73 Å². The van der Waals surface area contributed by atoms with Gasteiger partial charge in [0.05, 0.1) is 12.6 Å². The van der Waals surface area contributed by atoms with Crippen LogP contribution >= 0.6 is 0 Å². The lowest BCUT2D eigenvalue weighted by Gasteiger charge is -2.01. The highest BCUT2D eigenvalue weighted by Crippen LogP contribution is 2.26. The number of ether oxygens (including phenoxy) is 1. The SMILES string of the molecule is COc1cccc2cc(C(C)N)[nH]c12. The number of hydrogen-bond donors (Lipinski definition) is 2. The first-order chi connectivity index (χ1) is 6.72. The highest BCUT2D eigenvalue weighted by Gasteiger charge is 2.07. The Morgan fingerprint density at radius 2 is 2.21 bits per heavy atom. The second-order valence-corrected chi connectivity index (χ2v) is 3.44. The number of hydrogen-bond acceptors (Lipinski definition) is 2. The van der Waals surface area contributed by atoms with E-state index in [-0.39, 0.29) is 6.04 Å². The lowest BCUT2D eigenvalue weighted by Crippen LogP contribution is -2.04. The predicted octanol–water partition coefficient (Wildman–Crippen LogP) is 2.20. The first kappa shape index (κ1) is 9.09. The van der Waals surface area contributed by atoms with Crippen LogP contribution in [-0.4, -0.2) is 12.1 Å². The third kappa shape index (κ3) is 1.36. The van der Waals surface area contributed by atoms with Crippen LogP contribution in [0.2, 0.25) is 0 Å². The van der Waals surface area contributed by atoms with E-state index in [0.29, 0.717) is 0 Å². The summed E-state index contributed by atoms with van der Waals surface area (Å²) in [5.74, 6) is 0.856. The molecule has 0 radical (unpaired) electrons. The molecule has 0 amide bonds. The van der Waals surface area contributed by atoms with Crippen molar-refractivity contribution in [3.8, 4) is 5.75 Å². The van der Waals surface area contributed by atoms with Crippen molar-refractivity contribution < 1.29 is 4.74 Å². The number of aromatic nitrogens is 1. The first-order valence-electron chi connectivity index (χ1n) is 4.63. The summed E-state index contributed by atoms with van der Waals surface area (Å²) in [7, 11) is 1.67. The highest BCUT2D eigenvalue weighted by molar-refractivity contribution is 5.86. The summed E-state index contributed by atoms with van der Waals surface area (Å²) in [5, 5.41) is 1.14. The Morgan fingerprint density at radius 3 is 2.86 bits per heavy atom. The molecule has 1 atom stereocenters. The molecular weight excluding hydrogens is 176 g/mol. The van der Waals surface area contributed by atoms with Crippen molar-refractivity contribution in [3.63, 3.8) is 0 Å². The number of aromatic amines is 1. The minimum absolute atomic E-state index is 0.0205. The number of H-pyrrole nitrogens is 1. The van der Waals surface area contributed by atoms with Crippen LogP contribution in [0.15, 0.2) is 24.3 Å². The Labute approximate surface area is 82.9 Å². The third-order valence-corrected chi connectivity index (χ3v) is 2.35. The highest BCUT2D eigenvalue weighted by atomic mass is 16.5. The Bertz CT molecular complexity index is 445. The zero-order valence-corrected chi connectivity index (χ0v) is 8.37. The Balaban J connectivity index is 2.64.